The summed E-state index contributed by atoms with van der Waals surface area (Å²) in [7, 11) is 0. The topological polar surface area (TPSA) is 78.8 Å². The van der Waals surface area contributed by atoms with E-state index in [1.54, 1.807) is 0 Å². The third-order valence-corrected chi connectivity index (χ3v) is 2.66. The van der Waals surface area contributed by atoms with Crippen molar-refractivity contribution in [1.29, 1.82) is 0 Å². The number of carbonyl (C=O) groups excluding carboxylic acids is 1. The quantitative estimate of drug-likeness (QED) is 0.574. The highest BCUT2D eigenvalue weighted by molar-refractivity contribution is 5.97. The van der Waals surface area contributed by atoms with Crippen LogP contribution in [0.15, 0.2) is 48.5 Å². The lowest BCUT2D eigenvalue weighted by molar-refractivity contribution is 0.0943. The lowest BCUT2D eigenvalue weighted by Gasteiger charge is -2.09. The van der Waals surface area contributed by atoms with Crippen molar-refractivity contribution < 1.29 is 19.7 Å². The molecule has 5 nitrogen and oxygen atoms in total. The van der Waals surface area contributed by atoms with Crippen molar-refractivity contribution in [2.45, 2.75) is 0 Å². The molecule has 0 saturated carbocycles. The number of carbonyl (C=O) groups is 1. The maximum atomic E-state index is 11.8. The van der Waals surface area contributed by atoms with Crippen LogP contribution in [0.4, 0.5) is 0 Å². The monoisotopic (exact) mass is 273 g/mol. The Morgan fingerprint density at radius 1 is 1.05 bits per heavy atom. The Labute approximate surface area is 116 Å². The number of para-hydroxylation sites is 2. The molecule has 0 aromatic heterocycles. The first kappa shape index (κ1) is 13.7. The third kappa shape index (κ3) is 3.41. The molecule has 104 valence electrons. The summed E-state index contributed by atoms with van der Waals surface area (Å²) in [5.41, 5.74) is 0.0321. The predicted molar refractivity (Wildman–Crippen MR) is 74.0 cm³/mol. The van der Waals surface area contributed by atoms with Gasteiger partial charge in [0.2, 0.25) is 0 Å². The molecule has 0 aliphatic carbocycles. The van der Waals surface area contributed by atoms with E-state index < -0.39 is 11.7 Å². The van der Waals surface area contributed by atoms with Crippen molar-refractivity contribution in [1.82, 2.24) is 5.32 Å². The van der Waals surface area contributed by atoms with Crippen molar-refractivity contribution >= 4 is 5.91 Å². The first-order chi connectivity index (χ1) is 9.68. The number of nitrogens with one attached hydrogen (secondary N) is 1. The third-order valence-electron chi connectivity index (χ3n) is 2.66. The Kier molecular flexibility index (Phi) is 4.44. The fraction of sp³-hybridized carbons (Fsp3) is 0.133. The van der Waals surface area contributed by atoms with Gasteiger partial charge in [-0.05, 0) is 24.3 Å². The van der Waals surface area contributed by atoms with Crippen molar-refractivity contribution in [3.05, 3.63) is 54.1 Å². The van der Waals surface area contributed by atoms with E-state index in [0.717, 1.165) is 5.75 Å². The molecule has 0 unspecified atom stereocenters. The van der Waals surface area contributed by atoms with Crippen LogP contribution in [0.1, 0.15) is 10.4 Å². The first-order valence-corrected chi connectivity index (χ1v) is 6.15. The Morgan fingerprint density at radius 3 is 2.55 bits per heavy atom. The molecule has 3 N–H and O–H groups in total. The van der Waals surface area contributed by atoms with E-state index in [2.05, 4.69) is 5.32 Å². The minimum atomic E-state index is -0.463. The normalized spacial score (nSPS) is 10.0. The van der Waals surface area contributed by atoms with Crippen molar-refractivity contribution in [3.63, 3.8) is 0 Å². The summed E-state index contributed by atoms with van der Waals surface area (Å²) in [6.07, 6.45) is 0. The molecule has 0 aliphatic heterocycles. The number of benzene rings is 2. The highest BCUT2D eigenvalue weighted by Gasteiger charge is 2.13. The maximum absolute atomic E-state index is 11.8. The van der Waals surface area contributed by atoms with Crippen molar-refractivity contribution in [2.75, 3.05) is 13.2 Å². The van der Waals surface area contributed by atoms with E-state index in [-0.39, 0.29) is 11.3 Å². The molecule has 5 heteroatoms. The fourth-order valence-electron chi connectivity index (χ4n) is 1.66. The second kappa shape index (κ2) is 6.47. The summed E-state index contributed by atoms with van der Waals surface area (Å²) in [5, 5.41) is 21.5. The summed E-state index contributed by atoms with van der Waals surface area (Å²) >= 11 is 0. The van der Waals surface area contributed by atoms with Crippen LogP contribution < -0.4 is 10.1 Å². The SMILES string of the molecule is O=C(NCCOc1ccccc1)c1cccc(O)c1O. The van der Waals surface area contributed by atoms with E-state index in [1.165, 1.54) is 18.2 Å². The average molecular weight is 273 g/mol. The van der Waals surface area contributed by atoms with Gasteiger partial charge in [0.1, 0.15) is 12.4 Å². The summed E-state index contributed by atoms with van der Waals surface area (Å²) in [6.45, 7) is 0.609. The van der Waals surface area contributed by atoms with Gasteiger partial charge in [-0.3, -0.25) is 4.79 Å². The van der Waals surface area contributed by atoms with Crippen LogP contribution in [0.2, 0.25) is 0 Å². The van der Waals surface area contributed by atoms with Crippen LogP contribution in [0.5, 0.6) is 17.2 Å². The molecule has 2 rings (SSSR count). The molecule has 2 aromatic rings. The van der Waals surface area contributed by atoms with Gasteiger partial charge >= 0.3 is 0 Å². The van der Waals surface area contributed by atoms with Crippen molar-refractivity contribution in [2.24, 2.45) is 0 Å². The van der Waals surface area contributed by atoms with Gasteiger partial charge in [-0.15, -0.1) is 0 Å². The zero-order chi connectivity index (χ0) is 14.4. The summed E-state index contributed by atoms with van der Waals surface area (Å²) in [6, 6.07) is 13.5. The summed E-state index contributed by atoms with van der Waals surface area (Å²) in [5.74, 6) is -0.482. The van der Waals surface area contributed by atoms with Crippen LogP contribution in [0, 0.1) is 0 Å². The molecule has 0 fully saturated rings. The molecule has 1 amide bonds. The average Bonchev–Trinajstić information content (AvgIpc) is 2.47. The van der Waals surface area contributed by atoms with Gasteiger partial charge in [0.15, 0.2) is 11.5 Å². The zero-order valence-corrected chi connectivity index (χ0v) is 10.7. The van der Waals surface area contributed by atoms with E-state index in [0.29, 0.717) is 13.2 Å². The van der Waals surface area contributed by atoms with Crippen LogP contribution in [-0.2, 0) is 0 Å². The van der Waals surface area contributed by atoms with Crippen LogP contribution in [0.3, 0.4) is 0 Å². The highest BCUT2D eigenvalue weighted by atomic mass is 16.5. The van der Waals surface area contributed by atoms with Gasteiger partial charge in [0.05, 0.1) is 12.1 Å². The molecule has 0 radical (unpaired) electrons. The number of phenols is 2. The van der Waals surface area contributed by atoms with Gasteiger partial charge < -0.3 is 20.3 Å². The first-order valence-electron chi connectivity index (χ1n) is 6.15. The van der Waals surface area contributed by atoms with Gasteiger partial charge in [-0.1, -0.05) is 24.3 Å². The molecule has 0 aliphatic rings. The zero-order valence-electron chi connectivity index (χ0n) is 10.7. The van der Waals surface area contributed by atoms with Crippen molar-refractivity contribution in [3.8, 4) is 17.2 Å². The van der Waals surface area contributed by atoms with E-state index in [4.69, 9.17) is 4.74 Å². The molecule has 0 spiro atoms. The van der Waals surface area contributed by atoms with Gasteiger partial charge in [-0.2, -0.15) is 0 Å². The molecule has 0 saturated heterocycles. The summed E-state index contributed by atoms with van der Waals surface area (Å²) in [4.78, 5) is 11.8. The Hall–Kier alpha value is -2.69. The maximum Gasteiger partial charge on any atom is 0.255 e. The number of aromatic hydroxyl groups is 2. The van der Waals surface area contributed by atoms with E-state index >= 15 is 0 Å². The fourth-order valence-corrected chi connectivity index (χ4v) is 1.66. The van der Waals surface area contributed by atoms with Gasteiger partial charge in [0.25, 0.3) is 5.91 Å². The predicted octanol–water partition coefficient (Wildman–Crippen LogP) is 1.91. The van der Waals surface area contributed by atoms with Gasteiger partial charge in [-0.25, -0.2) is 0 Å². The van der Waals surface area contributed by atoms with E-state index in [9.17, 15) is 15.0 Å². The number of hydrogen-bond donors (Lipinski definition) is 3. The Balaban J connectivity index is 1.82. The highest BCUT2D eigenvalue weighted by Crippen LogP contribution is 2.27. The second-order valence-electron chi connectivity index (χ2n) is 4.09. The minimum Gasteiger partial charge on any atom is -0.504 e. The Morgan fingerprint density at radius 2 is 1.80 bits per heavy atom. The van der Waals surface area contributed by atoms with Crippen LogP contribution >= 0.6 is 0 Å². The van der Waals surface area contributed by atoms with Crippen LogP contribution in [0.25, 0.3) is 0 Å². The number of rotatable bonds is 5. The van der Waals surface area contributed by atoms with Crippen LogP contribution in [-0.4, -0.2) is 29.3 Å². The molecular formula is C15H15NO4. The lowest BCUT2D eigenvalue weighted by atomic mass is 10.1. The summed E-state index contributed by atoms with van der Waals surface area (Å²) < 4.78 is 5.42. The number of hydrogen-bond acceptors (Lipinski definition) is 4. The largest absolute Gasteiger partial charge is 0.504 e. The molecule has 0 bridgehead atoms. The molecule has 2 aromatic carbocycles. The molecular weight excluding hydrogens is 258 g/mol. The number of ether oxygens (including phenoxy) is 1. The molecule has 0 heterocycles. The molecule has 0 atom stereocenters. The lowest BCUT2D eigenvalue weighted by Crippen LogP contribution is -2.28. The van der Waals surface area contributed by atoms with Gasteiger partial charge in [0, 0.05) is 0 Å². The smallest absolute Gasteiger partial charge is 0.255 e. The minimum absolute atomic E-state index is 0.0321. The standard InChI is InChI=1S/C15H15NO4/c17-13-8-4-7-12(14(13)18)15(19)16-9-10-20-11-5-2-1-3-6-11/h1-8,17-18H,9-10H2,(H,16,19). The number of phenolic OH excluding ortho intramolecular Hbond substituents is 2. The van der Waals surface area contributed by atoms with E-state index in [1.807, 2.05) is 30.3 Å². The second-order valence-corrected chi connectivity index (χ2v) is 4.09. The Bertz CT molecular complexity index is 584. The molecule has 20 heavy (non-hydrogen) atoms. The number of amides is 1.